The molecule has 0 bridgehead atoms. The zero-order valence-electron chi connectivity index (χ0n) is 10.4. The number of hydrogen-bond donors (Lipinski definition) is 2. The van der Waals surface area contributed by atoms with E-state index in [4.69, 9.17) is 9.68 Å². The lowest BCUT2D eigenvalue weighted by atomic mass is 10.2. The Labute approximate surface area is 109 Å². The van der Waals surface area contributed by atoms with Crippen LogP contribution < -0.4 is 5.32 Å². The molecule has 2 aromatic heterocycles. The Bertz CT molecular complexity index is 763. The van der Waals surface area contributed by atoms with Crippen LogP contribution in [0.5, 0.6) is 0 Å². The van der Waals surface area contributed by atoms with Crippen LogP contribution >= 0.6 is 0 Å². The highest BCUT2D eigenvalue weighted by Crippen LogP contribution is 2.18. The summed E-state index contributed by atoms with van der Waals surface area (Å²) in [6, 6.07) is 11.4. The van der Waals surface area contributed by atoms with Crippen LogP contribution in [-0.2, 0) is 6.54 Å². The summed E-state index contributed by atoms with van der Waals surface area (Å²) >= 11 is 0. The SMILES string of the molecule is Cc1nc2ccc(NCc3ccc(C#N)o3)cc2[nH]1. The minimum atomic E-state index is 0.330. The Hall–Kier alpha value is -2.74. The summed E-state index contributed by atoms with van der Waals surface area (Å²) in [5.41, 5.74) is 2.93. The average Bonchev–Trinajstić information content (AvgIpc) is 3.00. The van der Waals surface area contributed by atoms with Crippen molar-refractivity contribution in [3.05, 3.63) is 47.7 Å². The van der Waals surface area contributed by atoms with E-state index in [0.29, 0.717) is 12.3 Å². The van der Waals surface area contributed by atoms with Crippen LogP contribution in [0, 0.1) is 18.3 Å². The fraction of sp³-hybridized carbons (Fsp3) is 0.143. The van der Waals surface area contributed by atoms with Crippen LogP contribution in [0.4, 0.5) is 5.69 Å². The van der Waals surface area contributed by atoms with E-state index in [1.54, 1.807) is 12.1 Å². The van der Waals surface area contributed by atoms with Gasteiger partial charge in [-0.2, -0.15) is 5.26 Å². The van der Waals surface area contributed by atoms with E-state index in [2.05, 4.69) is 15.3 Å². The molecule has 0 saturated carbocycles. The van der Waals surface area contributed by atoms with Crippen LogP contribution in [-0.4, -0.2) is 9.97 Å². The standard InChI is InChI=1S/C14H12N4O/c1-9-17-13-5-2-10(6-14(13)18-9)16-8-12-4-3-11(7-15)19-12/h2-6,16H,8H2,1H3,(H,17,18). The van der Waals surface area contributed by atoms with Gasteiger partial charge < -0.3 is 14.7 Å². The molecule has 0 spiro atoms. The number of nitrogens with one attached hydrogen (secondary N) is 2. The molecule has 0 amide bonds. The van der Waals surface area contributed by atoms with Crippen LogP contribution in [0.3, 0.4) is 0 Å². The number of rotatable bonds is 3. The normalized spacial score (nSPS) is 10.5. The van der Waals surface area contributed by atoms with Crippen molar-refractivity contribution < 1.29 is 4.42 Å². The van der Waals surface area contributed by atoms with Crippen molar-refractivity contribution in [2.75, 3.05) is 5.32 Å². The second kappa shape index (κ2) is 4.50. The van der Waals surface area contributed by atoms with Gasteiger partial charge in [-0.1, -0.05) is 0 Å². The minimum Gasteiger partial charge on any atom is -0.449 e. The second-order valence-electron chi connectivity index (χ2n) is 4.29. The monoisotopic (exact) mass is 252 g/mol. The van der Waals surface area contributed by atoms with Crippen molar-refractivity contribution in [2.24, 2.45) is 0 Å². The fourth-order valence-electron chi connectivity index (χ4n) is 1.97. The first-order valence-electron chi connectivity index (χ1n) is 5.93. The van der Waals surface area contributed by atoms with Crippen molar-refractivity contribution in [2.45, 2.75) is 13.5 Å². The predicted octanol–water partition coefficient (Wildman–Crippen LogP) is 2.95. The lowest BCUT2D eigenvalue weighted by molar-refractivity contribution is 0.506. The molecular weight excluding hydrogens is 240 g/mol. The average molecular weight is 252 g/mol. The van der Waals surface area contributed by atoms with Gasteiger partial charge >= 0.3 is 0 Å². The molecule has 2 N–H and O–H groups in total. The number of furan rings is 1. The molecule has 0 unspecified atom stereocenters. The van der Waals surface area contributed by atoms with Crippen LogP contribution in [0.15, 0.2) is 34.7 Å². The maximum atomic E-state index is 8.68. The van der Waals surface area contributed by atoms with Gasteiger partial charge in [-0.05, 0) is 37.3 Å². The van der Waals surface area contributed by atoms with E-state index in [1.165, 1.54) is 0 Å². The van der Waals surface area contributed by atoms with Crippen molar-refractivity contribution in [3.8, 4) is 6.07 Å². The summed E-state index contributed by atoms with van der Waals surface area (Å²) in [6.07, 6.45) is 0. The molecule has 0 aliphatic heterocycles. The van der Waals surface area contributed by atoms with Gasteiger partial charge in [0.05, 0.1) is 17.6 Å². The summed E-state index contributed by atoms with van der Waals surface area (Å²) in [7, 11) is 0. The highest BCUT2D eigenvalue weighted by Gasteiger charge is 2.03. The first-order valence-corrected chi connectivity index (χ1v) is 5.93. The predicted molar refractivity (Wildman–Crippen MR) is 71.6 cm³/mol. The van der Waals surface area contributed by atoms with Crippen LogP contribution in [0.1, 0.15) is 17.3 Å². The summed E-state index contributed by atoms with van der Waals surface area (Å²) in [4.78, 5) is 7.54. The van der Waals surface area contributed by atoms with E-state index >= 15 is 0 Å². The van der Waals surface area contributed by atoms with E-state index in [1.807, 2.05) is 31.2 Å². The highest BCUT2D eigenvalue weighted by atomic mass is 16.3. The molecule has 0 atom stereocenters. The van der Waals surface area contributed by atoms with E-state index in [-0.39, 0.29) is 0 Å². The maximum Gasteiger partial charge on any atom is 0.203 e. The Morgan fingerprint density at radius 2 is 2.26 bits per heavy atom. The third-order valence-corrected chi connectivity index (χ3v) is 2.84. The van der Waals surface area contributed by atoms with Crippen LogP contribution in [0.25, 0.3) is 11.0 Å². The second-order valence-corrected chi connectivity index (χ2v) is 4.29. The number of aromatic amines is 1. The van der Waals surface area contributed by atoms with E-state index in [9.17, 15) is 0 Å². The topological polar surface area (TPSA) is 77.6 Å². The fourth-order valence-corrected chi connectivity index (χ4v) is 1.97. The zero-order valence-corrected chi connectivity index (χ0v) is 10.4. The Morgan fingerprint density at radius 3 is 3.05 bits per heavy atom. The smallest absolute Gasteiger partial charge is 0.203 e. The largest absolute Gasteiger partial charge is 0.449 e. The lowest BCUT2D eigenvalue weighted by Gasteiger charge is -2.03. The molecule has 0 radical (unpaired) electrons. The summed E-state index contributed by atoms with van der Waals surface area (Å²) in [5.74, 6) is 1.96. The molecule has 0 aliphatic carbocycles. The van der Waals surface area contributed by atoms with Crippen molar-refractivity contribution in [1.29, 1.82) is 5.26 Å². The van der Waals surface area contributed by atoms with Gasteiger partial charge in [0.1, 0.15) is 17.7 Å². The number of hydrogen-bond acceptors (Lipinski definition) is 4. The number of aromatic nitrogens is 2. The molecule has 0 fully saturated rings. The Kier molecular flexibility index (Phi) is 2.69. The lowest BCUT2D eigenvalue weighted by Crippen LogP contribution is -1.97. The molecule has 19 heavy (non-hydrogen) atoms. The molecule has 1 aromatic carbocycles. The first kappa shape index (κ1) is 11.4. The maximum absolute atomic E-state index is 8.68. The molecule has 3 rings (SSSR count). The quantitative estimate of drug-likeness (QED) is 0.751. The number of benzene rings is 1. The number of nitriles is 1. The minimum absolute atomic E-state index is 0.330. The Morgan fingerprint density at radius 1 is 1.37 bits per heavy atom. The number of fused-ring (bicyclic) bond motifs is 1. The molecule has 3 aromatic rings. The number of aryl methyl sites for hydroxylation is 1. The van der Waals surface area contributed by atoms with Crippen molar-refractivity contribution >= 4 is 16.7 Å². The molecule has 2 heterocycles. The van der Waals surface area contributed by atoms with E-state index in [0.717, 1.165) is 28.3 Å². The Balaban J connectivity index is 1.76. The highest BCUT2D eigenvalue weighted by molar-refractivity contribution is 5.79. The molecule has 5 heteroatoms. The molecule has 0 saturated heterocycles. The van der Waals surface area contributed by atoms with Gasteiger partial charge in [-0.3, -0.25) is 0 Å². The third kappa shape index (κ3) is 2.29. The number of nitrogens with zero attached hydrogens (tertiary/aromatic N) is 2. The summed E-state index contributed by atoms with van der Waals surface area (Å²) in [6.45, 7) is 2.47. The number of H-pyrrole nitrogens is 1. The van der Waals surface area contributed by atoms with Crippen LogP contribution in [0.2, 0.25) is 0 Å². The number of anilines is 1. The van der Waals surface area contributed by atoms with Gasteiger partial charge in [0.2, 0.25) is 5.76 Å². The molecule has 94 valence electrons. The van der Waals surface area contributed by atoms with Gasteiger partial charge in [0, 0.05) is 5.69 Å². The van der Waals surface area contributed by atoms with Crippen molar-refractivity contribution in [3.63, 3.8) is 0 Å². The first-order chi connectivity index (χ1) is 9.24. The number of imidazole rings is 1. The van der Waals surface area contributed by atoms with Gasteiger partial charge in [-0.15, -0.1) is 0 Å². The molecule has 0 aliphatic rings. The van der Waals surface area contributed by atoms with E-state index < -0.39 is 0 Å². The van der Waals surface area contributed by atoms with Gasteiger partial charge in [-0.25, -0.2) is 4.98 Å². The zero-order chi connectivity index (χ0) is 13.2. The molecule has 5 nitrogen and oxygen atoms in total. The third-order valence-electron chi connectivity index (χ3n) is 2.84. The van der Waals surface area contributed by atoms with Crippen molar-refractivity contribution in [1.82, 2.24) is 9.97 Å². The molecular formula is C14H12N4O. The summed E-state index contributed by atoms with van der Waals surface area (Å²) < 4.78 is 5.30. The van der Waals surface area contributed by atoms with Gasteiger partial charge in [0.25, 0.3) is 0 Å². The summed E-state index contributed by atoms with van der Waals surface area (Å²) in [5, 5.41) is 11.9. The van der Waals surface area contributed by atoms with Gasteiger partial charge in [0.15, 0.2) is 0 Å².